The second-order valence-electron chi connectivity index (χ2n) is 8.54. The largest absolute Gasteiger partial charge is 0.253 e. The minimum Gasteiger partial charge on any atom is -0.234 e. The summed E-state index contributed by atoms with van der Waals surface area (Å²) in [5.41, 5.74) is 0. The molecule has 158 valence electrons. The maximum absolute atomic E-state index is 2.46. The average Bonchev–Trinajstić information content (AvgIpc) is 3.02. The smallest absolute Gasteiger partial charge is 0.234 e. The van der Waals surface area contributed by atoms with E-state index in [-0.39, 0.29) is 0 Å². The lowest BCUT2D eigenvalue weighted by Gasteiger charge is -2.03. The summed E-state index contributed by atoms with van der Waals surface area (Å²) < 4.78 is 4.91. The third-order valence-electron chi connectivity index (χ3n) is 6.01. The Labute approximate surface area is 170 Å². The molecule has 0 saturated heterocycles. The Balaban J connectivity index is 1.97. The summed E-state index contributed by atoms with van der Waals surface area (Å²) in [5, 5.41) is 0. The van der Waals surface area contributed by atoms with Crippen molar-refractivity contribution in [2.45, 2.75) is 143 Å². The monoisotopic (exact) mass is 377 g/mol. The Bertz CT molecular complexity index is 436. The molecule has 1 heterocycles. The fraction of sp³-hybridized carbons (Fsp3) is 0.880. The van der Waals surface area contributed by atoms with E-state index in [1.54, 1.807) is 0 Å². The van der Waals surface area contributed by atoms with Gasteiger partial charge in [0.05, 0.1) is 13.1 Å². The van der Waals surface area contributed by atoms with Gasteiger partial charge in [0.1, 0.15) is 12.4 Å². The average molecular weight is 378 g/mol. The first kappa shape index (κ1) is 24.2. The lowest BCUT2D eigenvalue weighted by molar-refractivity contribution is -0.702. The van der Waals surface area contributed by atoms with E-state index in [0.29, 0.717) is 0 Å². The number of unbranched alkanes of at least 4 members (excludes halogenated alkanes) is 15. The summed E-state index contributed by atoms with van der Waals surface area (Å²) in [6.45, 7) is 9.26. The minimum absolute atomic E-state index is 1.20. The van der Waals surface area contributed by atoms with E-state index in [4.69, 9.17) is 0 Å². The third kappa shape index (κ3) is 12.3. The quantitative estimate of drug-likeness (QED) is 0.172. The fourth-order valence-corrected chi connectivity index (χ4v) is 4.02. The Morgan fingerprint density at radius 1 is 0.630 bits per heavy atom. The number of aromatic nitrogens is 2. The first-order chi connectivity index (χ1) is 13.3. The zero-order valence-electron chi connectivity index (χ0n) is 19.0. The van der Waals surface area contributed by atoms with Gasteiger partial charge in [-0.15, -0.1) is 0 Å². The molecule has 0 radical (unpaired) electrons. The van der Waals surface area contributed by atoms with Crippen molar-refractivity contribution < 1.29 is 4.57 Å². The molecule has 0 unspecified atom stereocenters. The van der Waals surface area contributed by atoms with Crippen LogP contribution in [0.2, 0.25) is 0 Å². The summed E-state index contributed by atoms with van der Waals surface area (Å²) in [6.07, 6.45) is 28.6. The van der Waals surface area contributed by atoms with Crippen LogP contribution < -0.4 is 4.57 Å². The summed E-state index contributed by atoms with van der Waals surface area (Å²) in [7, 11) is 0. The molecule has 0 N–H and O–H groups in total. The molecule has 0 atom stereocenters. The van der Waals surface area contributed by atoms with Crippen LogP contribution in [0.4, 0.5) is 0 Å². The van der Waals surface area contributed by atoms with Crippen LogP contribution in [-0.4, -0.2) is 4.57 Å². The number of imidazole rings is 1. The van der Waals surface area contributed by atoms with E-state index >= 15 is 0 Å². The van der Waals surface area contributed by atoms with E-state index in [1.165, 1.54) is 128 Å². The van der Waals surface area contributed by atoms with E-state index in [1.807, 2.05) is 0 Å². The van der Waals surface area contributed by atoms with Gasteiger partial charge >= 0.3 is 0 Å². The van der Waals surface area contributed by atoms with Crippen molar-refractivity contribution in [1.29, 1.82) is 0 Å². The van der Waals surface area contributed by atoms with Crippen molar-refractivity contribution in [3.8, 4) is 0 Å². The molecular weight excluding hydrogens is 328 g/mol. The van der Waals surface area contributed by atoms with Gasteiger partial charge in [0.15, 0.2) is 0 Å². The Morgan fingerprint density at radius 2 is 1.07 bits per heavy atom. The first-order valence-corrected chi connectivity index (χ1v) is 12.3. The predicted molar refractivity (Wildman–Crippen MR) is 119 cm³/mol. The number of rotatable bonds is 19. The lowest BCUT2D eigenvalue weighted by Crippen LogP contribution is -2.35. The molecular formula is C25H49N2+. The molecule has 1 aromatic rings. The third-order valence-corrected chi connectivity index (χ3v) is 6.01. The molecule has 0 amide bonds. The summed E-state index contributed by atoms with van der Waals surface area (Å²) in [6, 6.07) is 0. The van der Waals surface area contributed by atoms with Gasteiger partial charge in [-0.05, 0) is 25.7 Å². The van der Waals surface area contributed by atoms with E-state index < -0.39 is 0 Å². The molecule has 2 heteroatoms. The highest BCUT2D eigenvalue weighted by Gasteiger charge is 2.11. The molecule has 1 rings (SSSR count). The van der Waals surface area contributed by atoms with Crippen molar-refractivity contribution in [3.63, 3.8) is 0 Å². The highest BCUT2D eigenvalue weighted by molar-refractivity contribution is 4.79. The highest BCUT2D eigenvalue weighted by Crippen LogP contribution is 2.12. The van der Waals surface area contributed by atoms with Crippen LogP contribution in [-0.2, 0) is 13.1 Å². The van der Waals surface area contributed by atoms with Gasteiger partial charge in [0, 0.05) is 6.92 Å². The SMILES string of the molecule is CCCCCCCCCCCCCCn1cc[n+](CCCCCCC)c1C. The Morgan fingerprint density at radius 3 is 1.59 bits per heavy atom. The maximum Gasteiger partial charge on any atom is 0.253 e. The topological polar surface area (TPSA) is 8.81 Å². The van der Waals surface area contributed by atoms with Crippen LogP contribution in [0.1, 0.15) is 129 Å². The highest BCUT2D eigenvalue weighted by atomic mass is 15.1. The molecule has 2 nitrogen and oxygen atoms in total. The van der Waals surface area contributed by atoms with Crippen LogP contribution in [0.3, 0.4) is 0 Å². The summed E-state index contributed by atoms with van der Waals surface area (Å²) >= 11 is 0. The van der Waals surface area contributed by atoms with Crippen LogP contribution in [0.25, 0.3) is 0 Å². The molecule has 0 spiro atoms. The fourth-order valence-electron chi connectivity index (χ4n) is 4.02. The van der Waals surface area contributed by atoms with Gasteiger partial charge in [0.25, 0.3) is 5.82 Å². The zero-order chi connectivity index (χ0) is 19.6. The molecule has 0 aliphatic rings. The normalized spacial score (nSPS) is 11.4. The van der Waals surface area contributed by atoms with E-state index in [9.17, 15) is 0 Å². The molecule has 0 saturated carbocycles. The van der Waals surface area contributed by atoms with Crippen LogP contribution in [0, 0.1) is 6.92 Å². The molecule has 0 aliphatic carbocycles. The number of aryl methyl sites for hydroxylation is 2. The maximum atomic E-state index is 2.46. The lowest BCUT2D eigenvalue weighted by atomic mass is 10.1. The van der Waals surface area contributed by atoms with Gasteiger partial charge in [-0.3, -0.25) is 0 Å². The standard InChI is InChI=1S/C25H49N2/c1-4-6-8-10-11-12-13-14-15-16-18-20-22-27-24-23-26(25(27)3)21-19-17-9-7-5-2/h23-24H,4-22H2,1-3H3/q+1. The van der Waals surface area contributed by atoms with E-state index in [0.717, 1.165) is 0 Å². The minimum atomic E-state index is 1.20. The van der Waals surface area contributed by atoms with Crippen LogP contribution in [0.15, 0.2) is 12.4 Å². The van der Waals surface area contributed by atoms with Gasteiger partial charge in [-0.25, -0.2) is 9.13 Å². The van der Waals surface area contributed by atoms with Crippen molar-refractivity contribution in [2.75, 3.05) is 0 Å². The zero-order valence-corrected chi connectivity index (χ0v) is 19.0. The second-order valence-corrected chi connectivity index (χ2v) is 8.54. The van der Waals surface area contributed by atoms with Gasteiger partial charge in [-0.1, -0.05) is 97.3 Å². The Hall–Kier alpha value is -0.790. The number of hydrogen-bond acceptors (Lipinski definition) is 0. The van der Waals surface area contributed by atoms with Crippen molar-refractivity contribution in [3.05, 3.63) is 18.2 Å². The van der Waals surface area contributed by atoms with Gasteiger partial charge in [0.2, 0.25) is 0 Å². The van der Waals surface area contributed by atoms with Crippen molar-refractivity contribution in [1.82, 2.24) is 4.57 Å². The molecule has 1 aromatic heterocycles. The molecule has 0 aromatic carbocycles. The number of hydrogen-bond donors (Lipinski definition) is 0. The van der Waals surface area contributed by atoms with Crippen LogP contribution >= 0.6 is 0 Å². The Kier molecular flexibility index (Phi) is 15.6. The first-order valence-electron chi connectivity index (χ1n) is 12.3. The predicted octanol–water partition coefficient (Wildman–Crippen LogP) is 7.76. The molecule has 0 bridgehead atoms. The molecule has 0 fully saturated rings. The van der Waals surface area contributed by atoms with Gasteiger partial charge < -0.3 is 0 Å². The van der Waals surface area contributed by atoms with Gasteiger partial charge in [-0.2, -0.15) is 0 Å². The van der Waals surface area contributed by atoms with Crippen molar-refractivity contribution >= 4 is 0 Å². The molecule has 27 heavy (non-hydrogen) atoms. The number of nitrogens with zero attached hydrogens (tertiary/aromatic N) is 2. The molecule has 0 aliphatic heterocycles. The second kappa shape index (κ2) is 17.3. The van der Waals surface area contributed by atoms with Crippen molar-refractivity contribution in [2.24, 2.45) is 0 Å². The van der Waals surface area contributed by atoms with Crippen LogP contribution in [0.5, 0.6) is 0 Å². The van der Waals surface area contributed by atoms with E-state index in [2.05, 4.69) is 42.3 Å². The summed E-state index contributed by atoms with van der Waals surface area (Å²) in [5.74, 6) is 1.44. The summed E-state index contributed by atoms with van der Waals surface area (Å²) in [4.78, 5) is 0.